The number of nitrogens with one attached hydrogen (secondary N) is 1. The Morgan fingerprint density at radius 1 is 0.431 bits per heavy atom. The second-order valence-corrected chi connectivity index (χ2v) is 19.6. The summed E-state index contributed by atoms with van der Waals surface area (Å²) in [5, 5.41) is 23.2. The first-order chi connectivity index (χ1) is 32.0. The van der Waals surface area contributed by atoms with Crippen LogP contribution in [0, 0.1) is 0 Å². The lowest BCUT2D eigenvalue weighted by atomic mass is 10.0. The number of hydrogen-bond donors (Lipinski definition) is 3. The second kappa shape index (κ2) is 54.7. The van der Waals surface area contributed by atoms with Gasteiger partial charge in [-0.25, -0.2) is 0 Å². The highest BCUT2D eigenvalue weighted by Crippen LogP contribution is 2.17. The van der Waals surface area contributed by atoms with Gasteiger partial charge in [-0.3, -0.25) is 9.59 Å². The van der Waals surface area contributed by atoms with Crippen LogP contribution >= 0.6 is 0 Å². The van der Waals surface area contributed by atoms with E-state index in [1.165, 1.54) is 212 Å². The van der Waals surface area contributed by atoms with Crippen molar-refractivity contribution in [3.05, 3.63) is 36.5 Å². The summed E-state index contributed by atoms with van der Waals surface area (Å²) in [6.07, 6.45) is 67.2. The Balaban J connectivity index is 3.54. The molecule has 6 nitrogen and oxygen atoms in total. The number of ether oxygens (including phenoxy) is 1. The van der Waals surface area contributed by atoms with Crippen molar-refractivity contribution in [1.82, 2.24) is 5.32 Å². The van der Waals surface area contributed by atoms with Crippen LogP contribution in [0.15, 0.2) is 36.5 Å². The van der Waals surface area contributed by atoms with Crippen LogP contribution in [-0.2, 0) is 14.3 Å². The second-order valence-electron chi connectivity index (χ2n) is 19.6. The maximum Gasteiger partial charge on any atom is 0.305 e. The Hall–Kier alpha value is -1.92. The number of aliphatic hydroxyl groups excluding tert-OH is 2. The van der Waals surface area contributed by atoms with Crippen LogP contribution in [0.1, 0.15) is 303 Å². The summed E-state index contributed by atoms with van der Waals surface area (Å²) in [4.78, 5) is 24.5. The van der Waals surface area contributed by atoms with Gasteiger partial charge in [0.25, 0.3) is 0 Å². The monoisotopic (exact) mass is 914 g/mol. The standard InChI is InChI=1S/C59H111NO5/c1-3-5-7-9-11-13-15-17-19-20-21-22-23-24-25-27-31-35-39-43-47-51-57(62)56(55-61)60-58(63)52-48-44-40-36-32-28-26-30-34-38-42-46-50-54-65-59(64)53-49-45-41-37-33-29-18-16-14-12-10-8-6-4-2/h16,18,28,32,40,44,56-57,61-62H,3-15,17,19-27,29-31,33-39,41-43,45-55H2,1-2H3,(H,60,63)/b18-16-,32-28-,44-40-. The largest absolute Gasteiger partial charge is 0.466 e. The van der Waals surface area contributed by atoms with E-state index in [1.54, 1.807) is 0 Å². The van der Waals surface area contributed by atoms with Crippen molar-refractivity contribution < 1.29 is 24.5 Å². The summed E-state index contributed by atoms with van der Waals surface area (Å²) < 4.78 is 5.45. The zero-order valence-corrected chi connectivity index (χ0v) is 43.5. The molecule has 2 unspecified atom stereocenters. The van der Waals surface area contributed by atoms with Gasteiger partial charge in [0.2, 0.25) is 5.91 Å². The molecule has 0 fully saturated rings. The zero-order chi connectivity index (χ0) is 47.2. The van der Waals surface area contributed by atoms with Crippen molar-refractivity contribution in [2.75, 3.05) is 13.2 Å². The number of hydrogen-bond acceptors (Lipinski definition) is 5. The summed E-state index contributed by atoms with van der Waals surface area (Å²) in [5.41, 5.74) is 0. The Bertz CT molecular complexity index is 1060. The van der Waals surface area contributed by atoms with E-state index in [0.717, 1.165) is 51.4 Å². The van der Waals surface area contributed by atoms with Gasteiger partial charge in [-0.15, -0.1) is 0 Å². The molecule has 0 aliphatic rings. The van der Waals surface area contributed by atoms with Gasteiger partial charge in [-0.1, -0.05) is 256 Å². The summed E-state index contributed by atoms with van der Waals surface area (Å²) in [6.45, 7) is 4.89. The van der Waals surface area contributed by atoms with Crippen LogP contribution in [0.25, 0.3) is 0 Å². The molecular formula is C59H111NO5. The van der Waals surface area contributed by atoms with Gasteiger partial charge < -0.3 is 20.3 Å². The third-order valence-electron chi connectivity index (χ3n) is 13.2. The van der Waals surface area contributed by atoms with E-state index in [2.05, 4.69) is 49.5 Å². The molecule has 0 aromatic heterocycles. The molecule has 6 heteroatoms. The van der Waals surface area contributed by atoms with Gasteiger partial charge in [0.15, 0.2) is 0 Å². The first-order valence-electron chi connectivity index (χ1n) is 28.7. The van der Waals surface area contributed by atoms with Gasteiger partial charge in [-0.05, 0) is 70.6 Å². The van der Waals surface area contributed by atoms with Crippen LogP contribution in [0.4, 0.5) is 0 Å². The number of unbranched alkanes of at least 4 members (excludes halogenated alkanes) is 36. The molecule has 0 aromatic carbocycles. The molecule has 65 heavy (non-hydrogen) atoms. The van der Waals surface area contributed by atoms with E-state index in [4.69, 9.17) is 4.74 Å². The van der Waals surface area contributed by atoms with Crippen LogP contribution in [0.2, 0.25) is 0 Å². The number of amides is 1. The predicted molar refractivity (Wildman–Crippen MR) is 283 cm³/mol. The summed E-state index contributed by atoms with van der Waals surface area (Å²) in [7, 11) is 0. The van der Waals surface area contributed by atoms with Gasteiger partial charge >= 0.3 is 5.97 Å². The van der Waals surface area contributed by atoms with Crippen LogP contribution in [0.5, 0.6) is 0 Å². The molecule has 0 radical (unpaired) electrons. The van der Waals surface area contributed by atoms with Crippen molar-refractivity contribution in [2.24, 2.45) is 0 Å². The van der Waals surface area contributed by atoms with Crippen LogP contribution in [0.3, 0.4) is 0 Å². The number of rotatable bonds is 53. The average molecular weight is 915 g/mol. The first kappa shape index (κ1) is 63.1. The number of aliphatic hydroxyl groups is 2. The summed E-state index contributed by atoms with van der Waals surface area (Å²) >= 11 is 0. The molecule has 0 bridgehead atoms. The van der Waals surface area contributed by atoms with Gasteiger partial charge in [0.1, 0.15) is 0 Å². The number of allylic oxidation sites excluding steroid dienone is 6. The highest BCUT2D eigenvalue weighted by molar-refractivity contribution is 5.76. The SMILES string of the molecule is CCCCCCC/C=C\CCCCCCCC(=O)OCCCCCCCC/C=C\C/C=C\CCC(=O)NC(CO)C(O)CCCCCCCCCCCCCCCCCCCCCCC. The molecular weight excluding hydrogens is 803 g/mol. The van der Waals surface area contributed by atoms with Crippen LogP contribution < -0.4 is 5.32 Å². The molecule has 2 atom stereocenters. The molecule has 0 spiro atoms. The molecule has 0 aliphatic carbocycles. The van der Waals surface area contributed by atoms with Crippen molar-refractivity contribution in [2.45, 2.75) is 315 Å². The zero-order valence-electron chi connectivity index (χ0n) is 43.5. The molecule has 3 N–H and O–H groups in total. The topological polar surface area (TPSA) is 95.9 Å². The molecule has 1 amide bonds. The molecule has 0 aliphatic heterocycles. The van der Waals surface area contributed by atoms with Crippen LogP contribution in [-0.4, -0.2) is 47.4 Å². The first-order valence-corrected chi connectivity index (χ1v) is 28.7. The van der Waals surface area contributed by atoms with E-state index in [9.17, 15) is 19.8 Å². The third-order valence-corrected chi connectivity index (χ3v) is 13.2. The summed E-state index contributed by atoms with van der Waals surface area (Å²) in [5.74, 6) is -0.139. The molecule has 0 saturated heterocycles. The average Bonchev–Trinajstić information content (AvgIpc) is 3.31. The molecule has 0 saturated carbocycles. The fourth-order valence-corrected chi connectivity index (χ4v) is 8.74. The van der Waals surface area contributed by atoms with Crippen molar-refractivity contribution in [1.29, 1.82) is 0 Å². The van der Waals surface area contributed by atoms with Gasteiger partial charge in [-0.2, -0.15) is 0 Å². The minimum absolute atomic E-state index is 0.0253. The Labute approximate surface area is 404 Å². The smallest absolute Gasteiger partial charge is 0.305 e. The van der Waals surface area contributed by atoms with E-state index in [1.807, 2.05) is 6.08 Å². The minimum Gasteiger partial charge on any atom is -0.466 e. The number of carbonyl (C=O) groups excluding carboxylic acids is 2. The number of carbonyl (C=O) groups is 2. The van der Waals surface area contributed by atoms with E-state index in [-0.39, 0.29) is 18.5 Å². The van der Waals surface area contributed by atoms with E-state index < -0.39 is 12.1 Å². The van der Waals surface area contributed by atoms with E-state index in [0.29, 0.717) is 32.3 Å². The van der Waals surface area contributed by atoms with Gasteiger partial charge in [0, 0.05) is 12.8 Å². The highest BCUT2D eigenvalue weighted by Gasteiger charge is 2.19. The lowest BCUT2D eigenvalue weighted by Gasteiger charge is -2.22. The van der Waals surface area contributed by atoms with Crippen molar-refractivity contribution in [3.63, 3.8) is 0 Å². The van der Waals surface area contributed by atoms with Crippen molar-refractivity contribution in [3.8, 4) is 0 Å². The summed E-state index contributed by atoms with van der Waals surface area (Å²) in [6, 6.07) is -0.587. The lowest BCUT2D eigenvalue weighted by Crippen LogP contribution is -2.45. The maximum atomic E-state index is 12.5. The quantitative estimate of drug-likeness (QED) is 0.0321. The molecule has 382 valence electrons. The lowest BCUT2D eigenvalue weighted by molar-refractivity contribution is -0.143. The Morgan fingerprint density at radius 2 is 0.785 bits per heavy atom. The normalized spacial score (nSPS) is 12.9. The third kappa shape index (κ3) is 51.3. The molecule has 0 heterocycles. The maximum absolute atomic E-state index is 12.5. The highest BCUT2D eigenvalue weighted by atomic mass is 16.5. The van der Waals surface area contributed by atoms with Crippen molar-refractivity contribution >= 4 is 11.9 Å². The van der Waals surface area contributed by atoms with Gasteiger partial charge in [0.05, 0.1) is 25.4 Å². The number of esters is 1. The molecule has 0 rings (SSSR count). The Morgan fingerprint density at radius 3 is 1.22 bits per heavy atom. The Kier molecular flexibility index (Phi) is 53.1. The predicted octanol–water partition coefficient (Wildman–Crippen LogP) is 17.6. The molecule has 0 aromatic rings. The fraction of sp³-hybridized carbons (Fsp3) is 0.864. The van der Waals surface area contributed by atoms with E-state index >= 15 is 0 Å². The minimum atomic E-state index is -0.700. The fourth-order valence-electron chi connectivity index (χ4n) is 8.74.